The summed E-state index contributed by atoms with van der Waals surface area (Å²) in [4.78, 5) is 66.1. The fourth-order valence-corrected chi connectivity index (χ4v) is 5.62. The third-order valence-corrected chi connectivity index (χ3v) is 8.31. The maximum absolute atomic E-state index is 13.4. The van der Waals surface area contributed by atoms with Gasteiger partial charge in [-0.3, -0.25) is 19.2 Å². The van der Waals surface area contributed by atoms with Crippen LogP contribution < -0.4 is 26.0 Å². The number of rotatable bonds is 6. The molecule has 0 saturated carbocycles. The Kier molecular flexibility index (Phi) is 10.4. The van der Waals surface area contributed by atoms with Gasteiger partial charge in [0.2, 0.25) is 17.7 Å². The Labute approximate surface area is 275 Å². The van der Waals surface area contributed by atoms with Gasteiger partial charge in [0.15, 0.2) is 10.8 Å². The molecule has 14 heteroatoms. The minimum absolute atomic E-state index is 0.0706. The zero-order valence-electron chi connectivity index (χ0n) is 26.0. The molecule has 4 amide bonds. The molecule has 2 aromatic carbocycles. The average molecular weight is 658 g/mol. The van der Waals surface area contributed by atoms with Gasteiger partial charge in [0.1, 0.15) is 35.4 Å². The number of carbonyl (C=O) groups is 4. The minimum Gasteiger partial charge on any atom is -0.507 e. The van der Waals surface area contributed by atoms with Crippen LogP contribution >= 0.6 is 11.3 Å². The number of amides is 4. The molecule has 6 rings (SSSR count). The SMILES string of the molecule is CC(C)[C@@H]1NC(=O)c2cc(ccc2O)Oc2ccc(cc2)C[C@@H](C(=O)NCCc2csc(-c3ncccn3)n2)NC(=O)[C@H](C)NC1=O. The van der Waals surface area contributed by atoms with Gasteiger partial charge in [0.25, 0.3) is 5.91 Å². The van der Waals surface area contributed by atoms with Crippen LogP contribution in [0.2, 0.25) is 0 Å². The molecule has 5 N–H and O–H groups in total. The Balaban J connectivity index is 1.34. The Morgan fingerprint density at radius 1 is 1.02 bits per heavy atom. The molecule has 0 unspecified atom stereocenters. The topological polar surface area (TPSA) is 185 Å². The van der Waals surface area contributed by atoms with Crippen molar-refractivity contribution in [3.8, 4) is 28.1 Å². The van der Waals surface area contributed by atoms with E-state index in [-0.39, 0.29) is 30.2 Å². The van der Waals surface area contributed by atoms with Gasteiger partial charge >= 0.3 is 0 Å². The zero-order valence-corrected chi connectivity index (χ0v) is 26.8. The highest BCUT2D eigenvalue weighted by Crippen LogP contribution is 2.28. The van der Waals surface area contributed by atoms with E-state index in [0.717, 1.165) is 11.3 Å². The van der Waals surface area contributed by atoms with Crippen LogP contribution in [0.4, 0.5) is 0 Å². The van der Waals surface area contributed by atoms with Gasteiger partial charge in [-0.05, 0) is 54.8 Å². The summed E-state index contributed by atoms with van der Waals surface area (Å²) in [6, 6.07) is 9.89. The Bertz CT molecular complexity index is 1750. The van der Waals surface area contributed by atoms with Crippen molar-refractivity contribution in [2.45, 2.75) is 51.7 Å². The van der Waals surface area contributed by atoms with E-state index in [9.17, 15) is 24.3 Å². The van der Waals surface area contributed by atoms with Crippen LogP contribution in [-0.4, -0.2) is 68.4 Å². The first-order valence-electron chi connectivity index (χ1n) is 15.1. The van der Waals surface area contributed by atoms with Gasteiger partial charge in [0, 0.05) is 37.2 Å². The highest BCUT2D eigenvalue weighted by atomic mass is 32.1. The highest BCUT2D eigenvalue weighted by Gasteiger charge is 2.30. The van der Waals surface area contributed by atoms with E-state index in [1.807, 2.05) is 5.38 Å². The molecule has 4 bridgehead atoms. The fourth-order valence-electron chi connectivity index (χ4n) is 4.83. The van der Waals surface area contributed by atoms with Crippen LogP contribution in [0.15, 0.2) is 66.3 Å². The van der Waals surface area contributed by atoms with E-state index in [4.69, 9.17) is 4.74 Å². The summed E-state index contributed by atoms with van der Waals surface area (Å²) >= 11 is 1.41. The predicted molar refractivity (Wildman–Crippen MR) is 174 cm³/mol. The molecule has 0 saturated heterocycles. The number of aromatic nitrogens is 3. The Morgan fingerprint density at radius 2 is 1.74 bits per heavy atom. The largest absolute Gasteiger partial charge is 0.507 e. The van der Waals surface area contributed by atoms with Crippen molar-refractivity contribution in [3.63, 3.8) is 0 Å². The van der Waals surface area contributed by atoms with Crippen molar-refractivity contribution >= 4 is 35.0 Å². The summed E-state index contributed by atoms with van der Waals surface area (Å²) in [7, 11) is 0. The van der Waals surface area contributed by atoms with Crippen molar-refractivity contribution in [3.05, 3.63) is 83.1 Å². The van der Waals surface area contributed by atoms with E-state index in [1.54, 1.807) is 56.6 Å². The molecule has 0 spiro atoms. The smallest absolute Gasteiger partial charge is 0.255 e. The minimum atomic E-state index is -1.03. The third kappa shape index (κ3) is 8.47. The molecule has 0 aliphatic carbocycles. The highest BCUT2D eigenvalue weighted by molar-refractivity contribution is 7.13. The van der Waals surface area contributed by atoms with E-state index >= 15 is 0 Å². The molecule has 4 heterocycles. The molecule has 47 heavy (non-hydrogen) atoms. The number of ether oxygens (including phenoxy) is 1. The lowest BCUT2D eigenvalue weighted by atomic mass is 10.0. The molecule has 244 valence electrons. The lowest BCUT2D eigenvalue weighted by Crippen LogP contribution is -2.57. The number of fused-ring (bicyclic) bond motifs is 11. The molecule has 3 atom stereocenters. The van der Waals surface area contributed by atoms with Gasteiger partial charge in [-0.1, -0.05) is 26.0 Å². The van der Waals surface area contributed by atoms with Crippen LogP contribution in [-0.2, 0) is 27.2 Å². The molecule has 4 aromatic rings. The van der Waals surface area contributed by atoms with Crippen molar-refractivity contribution in [1.29, 1.82) is 0 Å². The molecular weight excluding hydrogens is 622 g/mol. The maximum Gasteiger partial charge on any atom is 0.255 e. The summed E-state index contributed by atoms with van der Waals surface area (Å²) in [5, 5.41) is 23.9. The molecule has 0 fully saturated rings. The first-order chi connectivity index (χ1) is 22.6. The second kappa shape index (κ2) is 14.8. The number of benzene rings is 2. The first-order valence-corrected chi connectivity index (χ1v) is 16.0. The molecule has 13 nitrogen and oxygen atoms in total. The summed E-state index contributed by atoms with van der Waals surface area (Å²) in [5.41, 5.74) is 1.44. The number of phenols is 1. The van der Waals surface area contributed by atoms with Gasteiger partial charge in [0.05, 0.1) is 11.3 Å². The standard InChI is InChI=1S/C33H35N7O6S/c1-18(2)27-32(45)37-19(3)29(42)39-25(31(44)36-14-11-21-17-47-33(38-21)28-34-12-4-13-35-28)15-20-5-7-22(8-6-20)46-23-9-10-26(41)24(16-23)30(43)40-27/h4-10,12-13,16-19,25,27,41H,11,14-15H2,1-3H3,(H,36,44)(H,37,45)(H,39,42)(H,40,43)/t19-,25-,27-/m0/s1. The molecule has 2 aliphatic heterocycles. The van der Waals surface area contributed by atoms with Crippen LogP contribution in [0.1, 0.15) is 42.4 Å². The fraction of sp³-hybridized carbons (Fsp3) is 0.303. The summed E-state index contributed by atoms with van der Waals surface area (Å²) in [6.07, 6.45) is 3.91. The summed E-state index contributed by atoms with van der Waals surface area (Å²) < 4.78 is 5.91. The predicted octanol–water partition coefficient (Wildman–Crippen LogP) is 2.76. The normalized spacial score (nSPS) is 18.7. The van der Waals surface area contributed by atoms with Crippen LogP contribution in [0, 0.1) is 5.92 Å². The van der Waals surface area contributed by atoms with Crippen molar-refractivity contribution < 1.29 is 29.0 Å². The van der Waals surface area contributed by atoms with Crippen LogP contribution in [0.25, 0.3) is 10.8 Å². The molecule has 2 aromatic heterocycles. The molecule has 0 radical (unpaired) electrons. The molecular formula is C33H35N7O6S. The summed E-state index contributed by atoms with van der Waals surface area (Å²) in [6.45, 7) is 5.25. The second-order valence-electron chi connectivity index (χ2n) is 11.4. The maximum atomic E-state index is 13.4. The van der Waals surface area contributed by atoms with E-state index in [0.29, 0.717) is 28.8 Å². The zero-order chi connectivity index (χ0) is 33.5. The van der Waals surface area contributed by atoms with Crippen molar-refractivity contribution in [2.75, 3.05) is 6.54 Å². The first kappa shape index (κ1) is 33.0. The van der Waals surface area contributed by atoms with Crippen molar-refractivity contribution in [1.82, 2.24) is 36.2 Å². The number of carbonyl (C=O) groups excluding carboxylic acids is 4. The van der Waals surface area contributed by atoms with Crippen LogP contribution in [0.3, 0.4) is 0 Å². The van der Waals surface area contributed by atoms with Gasteiger partial charge in [-0.15, -0.1) is 11.3 Å². The Morgan fingerprint density at radius 3 is 2.47 bits per heavy atom. The monoisotopic (exact) mass is 657 g/mol. The summed E-state index contributed by atoms with van der Waals surface area (Å²) in [5.74, 6) is -1.62. The van der Waals surface area contributed by atoms with E-state index < -0.39 is 41.8 Å². The number of aromatic hydroxyl groups is 1. The lowest BCUT2D eigenvalue weighted by molar-refractivity contribution is -0.132. The van der Waals surface area contributed by atoms with Crippen molar-refractivity contribution in [2.24, 2.45) is 5.92 Å². The lowest BCUT2D eigenvalue weighted by Gasteiger charge is -2.25. The Hall–Kier alpha value is -5.37. The molecule has 2 aliphatic rings. The third-order valence-electron chi connectivity index (χ3n) is 7.42. The number of hydrogen-bond acceptors (Lipinski definition) is 10. The van der Waals surface area contributed by atoms with Crippen LogP contribution in [0.5, 0.6) is 17.2 Å². The number of hydrogen-bond donors (Lipinski definition) is 5. The average Bonchev–Trinajstić information content (AvgIpc) is 3.53. The number of phenolic OH excluding ortho intramolecular Hbond substituents is 1. The van der Waals surface area contributed by atoms with Gasteiger partial charge < -0.3 is 31.1 Å². The second-order valence-corrected chi connectivity index (χ2v) is 12.2. The number of nitrogens with zero attached hydrogens (tertiary/aromatic N) is 3. The van der Waals surface area contributed by atoms with Gasteiger partial charge in [-0.2, -0.15) is 0 Å². The number of nitrogens with one attached hydrogen (secondary N) is 4. The quantitative estimate of drug-likeness (QED) is 0.195. The van der Waals surface area contributed by atoms with E-state index in [1.165, 1.54) is 36.5 Å². The van der Waals surface area contributed by atoms with Gasteiger partial charge in [-0.25, -0.2) is 15.0 Å². The van der Waals surface area contributed by atoms with E-state index in [2.05, 4.69) is 36.2 Å². The number of thiazole rings is 1.